The van der Waals surface area contributed by atoms with Crippen LogP contribution in [0.4, 0.5) is 5.69 Å². The first-order valence-electron chi connectivity index (χ1n) is 12.3. The summed E-state index contributed by atoms with van der Waals surface area (Å²) < 4.78 is 18.0. The second-order valence-electron chi connectivity index (χ2n) is 9.39. The Balaban J connectivity index is 1.78. The van der Waals surface area contributed by atoms with Gasteiger partial charge in [0.05, 0.1) is 0 Å². The fourth-order valence-electron chi connectivity index (χ4n) is 4.20. The second kappa shape index (κ2) is 11.9. The standard InChI is InChI=1S/C28H29N6O5P/c1-19(39-40(36,37)38)34-18-26(21-10-11-30-23(13-21)16-29)25-15-22(17-31-28(25)34)20-7-5-8-24(14-20)33(4)27(35)9-6-12-32(2)3/h5-11,13-15,17-19H,12H2,1-4H3,(H2,36,37,38). The first kappa shape index (κ1) is 28.8. The summed E-state index contributed by atoms with van der Waals surface area (Å²) in [4.78, 5) is 43.6. The molecule has 0 fully saturated rings. The minimum Gasteiger partial charge on any atom is -0.312 e. The fraction of sp³-hybridized carbons (Fsp3) is 0.214. The van der Waals surface area contributed by atoms with Crippen molar-refractivity contribution in [2.24, 2.45) is 0 Å². The third-order valence-electron chi connectivity index (χ3n) is 6.17. The number of nitriles is 1. The predicted octanol–water partition coefficient (Wildman–Crippen LogP) is 4.35. The molecule has 0 aliphatic carbocycles. The Morgan fingerprint density at radius 3 is 2.62 bits per heavy atom. The number of amides is 1. The molecule has 0 bridgehead atoms. The average molecular weight is 561 g/mol. The highest BCUT2D eigenvalue weighted by Gasteiger charge is 2.23. The number of hydrogen-bond donors (Lipinski definition) is 2. The minimum atomic E-state index is -4.77. The highest BCUT2D eigenvalue weighted by molar-refractivity contribution is 7.46. The van der Waals surface area contributed by atoms with Crippen molar-refractivity contribution in [1.82, 2.24) is 19.4 Å². The third kappa shape index (κ3) is 6.69. The summed E-state index contributed by atoms with van der Waals surface area (Å²) in [6.45, 7) is 2.16. The van der Waals surface area contributed by atoms with Crippen LogP contribution in [0.3, 0.4) is 0 Å². The van der Waals surface area contributed by atoms with Gasteiger partial charge in [-0.25, -0.2) is 14.5 Å². The minimum absolute atomic E-state index is 0.156. The van der Waals surface area contributed by atoms with Crippen molar-refractivity contribution in [2.45, 2.75) is 13.2 Å². The molecule has 4 rings (SSSR count). The molecule has 12 heteroatoms. The van der Waals surface area contributed by atoms with Gasteiger partial charge in [0.25, 0.3) is 0 Å². The van der Waals surface area contributed by atoms with Crippen molar-refractivity contribution in [1.29, 1.82) is 5.26 Å². The number of pyridine rings is 2. The van der Waals surface area contributed by atoms with Crippen molar-refractivity contribution in [3.63, 3.8) is 0 Å². The summed E-state index contributed by atoms with van der Waals surface area (Å²) in [6.07, 6.45) is 7.17. The molecule has 40 heavy (non-hydrogen) atoms. The molecule has 0 saturated heterocycles. The van der Waals surface area contributed by atoms with Crippen LogP contribution in [-0.4, -0.2) is 62.8 Å². The molecule has 4 aromatic rings. The average Bonchev–Trinajstić information content (AvgIpc) is 3.31. The van der Waals surface area contributed by atoms with E-state index in [9.17, 15) is 24.4 Å². The van der Waals surface area contributed by atoms with E-state index in [0.717, 1.165) is 11.1 Å². The second-order valence-corrected chi connectivity index (χ2v) is 10.6. The molecular weight excluding hydrogens is 531 g/mol. The number of likely N-dealkylation sites (N-methyl/N-ethyl adjacent to an activating group) is 2. The van der Waals surface area contributed by atoms with Crippen LogP contribution < -0.4 is 4.90 Å². The molecule has 0 aliphatic heterocycles. The molecule has 206 valence electrons. The lowest BCUT2D eigenvalue weighted by molar-refractivity contribution is -0.113. The van der Waals surface area contributed by atoms with Gasteiger partial charge in [0.1, 0.15) is 23.6 Å². The maximum Gasteiger partial charge on any atom is 0.471 e. The van der Waals surface area contributed by atoms with Crippen LogP contribution in [0.5, 0.6) is 0 Å². The fourth-order valence-corrected chi connectivity index (χ4v) is 4.70. The molecule has 1 atom stereocenters. The number of phosphoric ester groups is 1. The van der Waals surface area contributed by atoms with Crippen molar-refractivity contribution < 1.29 is 23.7 Å². The van der Waals surface area contributed by atoms with E-state index in [-0.39, 0.29) is 11.6 Å². The Morgan fingerprint density at radius 2 is 1.93 bits per heavy atom. The molecule has 1 unspecified atom stereocenters. The molecule has 0 aliphatic rings. The third-order valence-corrected chi connectivity index (χ3v) is 6.74. The summed E-state index contributed by atoms with van der Waals surface area (Å²) in [5.41, 5.74) is 4.29. The van der Waals surface area contributed by atoms with Gasteiger partial charge in [-0.3, -0.25) is 9.32 Å². The number of carbonyl (C=O) groups excluding carboxylic acids is 1. The number of benzene rings is 1. The van der Waals surface area contributed by atoms with E-state index in [4.69, 9.17) is 4.52 Å². The number of fused-ring (bicyclic) bond motifs is 1. The molecule has 0 radical (unpaired) electrons. The number of phosphoric acid groups is 1. The van der Waals surface area contributed by atoms with Crippen LogP contribution in [0.1, 0.15) is 18.8 Å². The van der Waals surface area contributed by atoms with E-state index in [1.807, 2.05) is 55.4 Å². The van der Waals surface area contributed by atoms with Crippen LogP contribution in [-0.2, 0) is 13.9 Å². The van der Waals surface area contributed by atoms with E-state index in [0.29, 0.717) is 34.4 Å². The smallest absolute Gasteiger partial charge is 0.312 e. The normalized spacial score (nSPS) is 12.7. The van der Waals surface area contributed by atoms with Gasteiger partial charge >= 0.3 is 7.82 Å². The first-order chi connectivity index (χ1) is 19.0. The molecule has 11 nitrogen and oxygen atoms in total. The molecular formula is C28H29N6O5P. The van der Waals surface area contributed by atoms with Gasteiger partial charge in [-0.1, -0.05) is 18.2 Å². The highest BCUT2D eigenvalue weighted by Crippen LogP contribution is 2.42. The summed E-state index contributed by atoms with van der Waals surface area (Å²) in [6, 6.07) is 14.8. The Kier molecular flexibility index (Phi) is 8.59. The lowest BCUT2D eigenvalue weighted by atomic mass is 10.0. The molecule has 0 spiro atoms. The van der Waals surface area contributed by atoms with Crippen LogP contribution >= 0.6 is 7.82 Å². The topological polar surface area (TPSA) is 145 Å². The van der Waals surface area contributed by atoms with Gasteiger partial charge in [0.2, 0.25) is 5.91 Å². The van der Waals surface area contributed by atoms with Crippen LogP contribution in [0.25, 0.3) is 33.3 Å². The van der Waals surface area contributed by atoms with Gasteiger partial charge < -0.3 is 24.2 Å². The largest absolute Gasteiger partial charge is 0.471 e. The van der Waals surface area contributed by atoms with Crippen molar-refractivity contribution in [2.75, 3.05) is 32.6 Å². The maximum absolute atomic E-state index is 12.7. The SMILES string of the molecule is CC(OP(=O)(O)O)n1cc(-c2ccnc(C#N)c2)c2cc(-c3cccc(N(C)C(=O)C=CCN(C)C)c3)cnc21. The van der Waals surface area contributed by atoms with E-state index >= 15 is 0 Å². The van der Waals surface area contributed by atoms with E-state index < -0.39 is 14.1 Å². The monoisotopic (exact) mass is 560 g/mol. The summed E-state index contributed by atoms with van der Waals surface area (Å²) in [5.74, 6) is -0.156. The Morgan fingerprint density at radius 1 is 1.15 bits per heavy atom. The Labute approximate surface area is 231 Å². The van der Waals surface area contributed by atoms with Crippen molar-refractivity contribution in [3.8, 4) is 28.3 Å². The first-order valence-corrected chi connectivity index (χ1v) is 13.8. The maximum atomic E-state index is 12.7. The zero-order chi connectivity index (χ0) is 29.0. The highest BCUT2D eigenvalue weighted by atomic mass is 31.2. The van der Waals surface area contributed by atoms with Crippen molar-refractivity contribution >= 4 is 30.5 Å². The molecule has 3 heterocycles. The quantitative estimate of drug-likeness (QED) is 0.225. The Hall–Kier alpha value is -4.17. The van der Waals surface area contributed by atoms with Gasteiger partial charge in [-0.05, 0) is 62.5 Å². The number of nitrogens with zero attached hydrogens (tertiary/aromatic N) is 6. The molecule has 0 saturated carbocycles. The Bertz CT molecular complexity index is 1670. The van der Waals surface area contributed by atoms with Crippen molar-refractivity contribution in [3.05, 3.63) is 78.9 Å². The summed E-state index contributed by atoms with van der Waals surface area (Å²) in [7, 11) is 0.785. The van der Waals surface area contributed by atoms with Gasteiger partial charge in [-0.2, -0.15) is 5.26 Å². The summed E-state index contributed by atoms with van der Waals surface area (Å²) in [5, 5.41) is 10.0. The van der Waals surface area contributed by atoms with E-state index in [2.05, 4.69) is 9.97 Å². The lowest BCUT2D eigenvalue weighted by Gasteiger charge is -2.17. The van der Waals surface area contributed by atoms with E-state index in [1.54, 1.807) is 48.6 Å². The molecule has 3 aromatic heterocycles. The number of aromatic nitrogens is 3. The van der Waals surface area contributed by atoms with E-state index in [1.165, 1.54) is 17.7 Å². The molecule has 2 N–H and O–H groups in total. The van der Waals surface area contributed by atoms with Gasteiger partial charge in [0.15, 0.2) is 0 Å². The number of rotatable bonds is 9. The van der Waals surface area contributed by atoms with Crippen LogP contribution in [0.2, 0.25) is 0 Å². The number of hydrogen-bond acceptors (Lipinski definition) is 7. The van der Waals surface area contributed by atoms with Crippen LogP contribution in [0, 0.1) is 11.3 Å². The molecule has 1 amide bonds. The number of anilines is 1. The predicted molar refractivity (Wildman–Crippen MR) is 152 cm³/mol. The van der Waals surface area contributed by atoms with Crippen LogP contribution in [0.15, 0.2) is 73.2 Å². The summed E-state index contributed by atoms with van der Waals surface area (Å²) >= 11 is 0. The lowest BCUT2D eigenvalue weighted by Crippen LogP contribution is -2.24. The van der Waals surface area contributed by atoms with Gasteiger partial charge in [-0.15, -0.1) is 0 Å². The molecule has 1 aromatic carbocycles. The number of carbonyl (C=O) groups is 1. The van der Waals surface area contributed by atoms with Gasteiger partial charge in [0, 0.05) is 60.5 Å². The zero-order valence-electron chi connectivity index (χ0n) is 22.5. The zero-order valence-corrected chi connectivity index (χ0v) is 23.4.